The topological polar surface area (TPSA) is 72.8 Å². The fourth-order valence-corrected chi connectivity index (χ4v) is 4.54. The second-order valence-corrected chi connectivity index (χ2v) is 11.9. The van der Waals surface area contributed by atoms with Crippen LogP contribution in [0.25, 0.3) is 0 Å². The molecule has 0 amide bonds. The van der Waals surface area contributed by atoms with Gasteiger partial charge >= 0.3 is 11.9 Å². The van der Waals surface area contributed by atoms with E-state index < -0.39 is 6.10 Å². The summed E-state index contributed by atoms with van der Waals surface area (Å²) < 4.78 is 10.5. The SMILES string of the molecule is CCC=CCC=CCC=CCC=CCC=CCCCC(=O)OCC(CO)OC(=O)CCCC=CCC=CCC=CCCCCCCCC. The summed E-state index contributed by atoms with van der Waals surface area (Å²) in [7, 11) is 0. The molecule has 0 saturated heterocycles. The van der Waals surface area contributed by atoms with Crippen LogP contribution in [0.1, 0.15) is 142 Å². The summed E-state index contributed by atoms with van der Waals surface area (Å²) in [5.74, 6) is -0.732. The Morgan fingerprint density at radius 2 is 0.896 bits per heavy atom. The Balaban J connectivity index is 3.79. The first-order chi connectivity index (χ1) is 23.6. The largest absolute Gasteiger partial charge is 0.462 e. The number of unbranched alkanes of at least 4 members (excludes halogenated alkanes) is 8. The van der Waals surface area contributed by atoms with Crippen molar-refractivity contribution in [1.82, 2.24) is 0 Å². The maximum atomic E-state index is 12.1. The molecule has 0 aromatic carbocycles. The van der Waals surface area contributed by atoms with Gasteiger partial charge in [-0.3, -0.25) is 9.59 Å². The van der Waals surface area contributed by atoms with Crippen molar-refractivity contribution in [2.75, 3.05) is 13.2 Å². The molecular formula is C43H68O5. The van der Waals surface area contributed by atoms with Crippen LogP contribution in [-0.4, -0.2) is 36.4 Å². The molecule has 0 saturated carbocycles. The summed E-state index contributed by atoms with van der Waals surface area (Å²) in [6, 6.07) is 0. The van der Waals surface area contributed by atoms with Crippen LogP contribution >= 0.6 is 0 Å². The van der Waals surface area contributed by atoms with Gasteiger partial charge in [-0.1, -0.05) is 143 Å². The first-order valence-corrected chi connectivity index (χ1v) is 18.8. The molecule has 270 valence electrons. The fraction of sp³-hybridized carbons (Fsp3) is 0.581. The zero-order valence-corrected chi connectivity index (χ0v) is 30.5. The summed E-state index contributed by atoms with van der Waals surface area (Å²) in [6.45, 7) is 3.90. The molecule has 1 atom stereocenters. The average molecular weight is 665 g/mol. The molecule has 1 N–H and O–H groups in total. The Labute approximate surface area is 294 Å². The Morgan fingerprint density at radius 1 is 0.500 bits per heavy atom. The number of carbonyl (C=O) groups excluding carboxylic acids is 2. The molecule has 0 rings (SSSR count). The Morgan fingerprint density at radius 3 is 1.35 bits per heavy atom. The number of aliphatic hydroxyl groups excluding tert-OH is 1. The van der Waals surface area contributed by atoms with E-state index in [0.29, 0.717) is 12.8 Å². The number of hydrogen-bond donors (Lipinski definition) is 1. The normalized spacial score (nSPS) is 13.3. The van der Waals surface area contributed by atoms with E-state index in [9.17, 15) is 14.7 Å². The van der Waals surface area contributed by atoms with E-state index in [-0.39, 0.29) is 38.0 Å². The summed E-state index contributed by atoms with van der Waals surface area (Å²) in [5.41, 5.74) is 0. The molecule has 48 heavy (non-hydrogen) atoms. The van der Waals surface area contributed by atoms with Crippen LogP contribution in [0.15, 0.2) is 97.2 Å². The molecule has 0 fully saturated rings. The highest BCUT2D eigenvalue weighted by molar-refractivity contribution is 5.70. The predicted molar refractivity (Wildman–Crippen MR) is 205 cm³/mol. The van der Waals surface area contributed by atoms with E-state index in [1.165, 1.54) is 44.9 Å². The molecule has 1 unspecified atom stereocenters. The van der Waals surface area contributed by atoms with Crippen LogP contribution in [0.3, 0.4) is 0 Å². The number of hydrogen-bond acceptors (Lipinski definition) is 5. The van der Waals surface area contributed by atoms with Crippen LogP contribution < -0.4 is 0 Å². The predicted octanol–water partition coefficient (Wildman–Crippen LogP) is 11.7. The lowest BCUT2D eigenvalue weighted by atomic mass is 10.1. The van der Waals surface area contributed by atoms with Gasteiger partial charge in [-0.25, -0.2) is 0 Å². The minimum Gasteiger partial charge on any atom is -0.462 e. The zero-order chi connectivity index (χ0) is 35.0. The van der Waals surface area contributed by atoms with E-state index in [4.69, 9.17) is 9.47 Å². The standard InChI is InChI=1S/C43H68O5/c1-3-5-7-9-11-13-15-17-19-21-23-25-27-29-31-33-35-37-42(45)47-40-41(39-44)48-43(46)38-36-34-32-30-28-26-24-22-20-18-16-14-12-10-8-6-4-2/h5,7,11,13,17-20,23-26,29-32,41,44H,3-4,6,8-10,12,14-16,21-22,27-28,33-40H2,1-2H3. The van der Waals surface area contributed by atoms with Gasteiger partial charge < -0.3 is 14.6 Å². The van der Waals surface area contributed by atoms with Gasteiger partial charge in [0.25, 0.3) is 0 Å². The van der Waals surface area contributed by atoms with Crippen molar-refractivity contribution in [2.45, 2.75) is 148 Å². The maximum Gasteiger partial charge on any atom is 0.306 e. The van der Waals surface area contributed by atoms with Crippen molar-refractivity contribution >= 4 is 11.9 Å². The van der Waals surface area contributed by atoms with Gasteiger partial charge in [0.2, 0.25) is 0 Å². The van der Waals surface area contributed by atoms with Gasteiger partial charge in [0.15, 0.2) is 6.10 Å². The lowest BCUT2D eigenvalue weighted by Gasteiger charge is -2.15. The lowest BCUT2D eigenvalue weighted by molar-refractivity contribution is -0.161. The number of carbonyl (C=O) groups is 2. The molecule has 0 heterocycles. The van der Waals surface area contributed by atoms with Gasteiger partial charge in [-0.15, -0.1) is 0 Å². The molecule has 0 spiro atoms. The quantitative estimate of drug-likeness (QED) is 0.0440. The third kappa shape index (κ3) is 35.7. The van der Waals surface area contributed by atoms with Crippen LogP contribution in [-0.2, 0) is 19.1 Å². The smallest absolute Gasteiger partial charge is 0.306 e. The highest BCUT2D eigenvalue weighted by Gasteiger charge is 2.15. The van der Waals surface area contributed by atoms with Crippen molar-refractivity contribution in [2.24, 2.45) is 0 Å². The molecule has 0 aliphatic rings. The van der Waals surface area contributed by atoms with Crippen LogP contribution in [0.2, 0.25) is 0 Å². The number of allylic oxidation sites excluding steroid dienone is 16. The van der Waals surface area contributed by atoms with Crippen molar-refractivity contribution in [3.63, 3.8) is 0 Å². The van der Waals surface area contributed by atoms with E-state index >= 15 is 0 Å². The van der Waals surface area contributed by atoms with Gasteiger partial charge in [0.05, 0.1) is 6.61 Å². The molecule has 0 aliphatic carbocycles. The van der Waals surface area contributed by atoms with Crippen LogP contribution in [0, 0.1) is 0 Å². The minimum atomic E-state index is -0.826. The molecular weight excluding hydrogens is 596 g/mol. The van der Waals surface area contributed by atoms with Gasteiger partial charge in [-0.05, 0) is 83.5 Å². The van der Waals surface area contributed by atoms with Crippen molar-refractivity contribution in [3.05, 3.63) is 97.2 Å². The Kier molecular flexibility index (Phi) is 35.7. The number of ether oxygens (including phenoxy) is 2. The minimum absolute atomic E-state index is 0.122. The highest BCUT2D eigenvalue weighted by Crippen LogP contribution is 2.08. The first kappa shape index (κ1) is 44.8. The second kappa shape index (κ2) is 38.3. The van der Waals surface area contributed by atoms with Crippen molar-refractivity contribution < 1.29 is 24.2 Å². The van der Waals surface area contributed by atoms with Gasteiger partial charge in [0, 0.05) is 12.8 Å². The Hall–Kier alpha value is -3.18. The van der Waals surface area contributed by atoms with Gasteiger partial charge in [-0.2, -0.15) is 0 Å². The van der Waals surface area contributed by atoms with Crippen LogP contribution in [0.5, 0.6) is 0 Å². The monoisotopic (exact) mass is 665 g/mol. The molecule has 0 aliphatic heterocycles. The maximum absolute atomic E-state index is 12.1. The van der Waals surface area contributed by atoms with E-state index in [1.807, 2.05) is 0 Å². The number of esters is 2. The molecule has 5 heteroatoms. The molecule has 5 nitrogen and oxygen atoms in total. The summed E-state index contributed by atoms with van der Waals surface area (Å²) in [4.78, 5) is 24.2. The van der Waals surface area contributed by atoms with Crippen molar-refractivity contribution in [3.8, 4) is 0 Å². The summed E-state index contributed by atoms with van der Waals surface area (Å²) in [5, 5.41) is 9.53. The summed E-state index contributed by atoms with van der Waals surface area (Å²) >= 11 is 0. The van der Waals surface area contributed by atoms with E-state index in [1.54, 1.807) is 0 Å². The first-order valence-electron chi connectivity index (χ1n) is 18.8. The fourth-order valence-electron chi connectivity index (χ4n) is 4.54. The van der Waals surface area contributed by atoms with Crippen molar-refractivity contribution in [1.29, 1.82) is 0 Å². The number of aliphatic hydroxyl groups is 1. The highest BCUT2D eigenvalue weighted by atomic mass is 16.6. The molecule has 0 bridgehead atoms. The lowest BCUT2D eigenvalue weighted by Crippen LogP contribution is -2.28. The molecule has 0 aromatic heterocycles. The molecule has 0 aromatic rings. The van der Waals surface area contributed by atoms with Gasteiger partial charge in [0.1, 0.15) is 6.61 Å². The van der Waals surface area contributed by atoms with Crippen LogP contribution in [0.4, 0.5) is 0 Å². The average Bonchev–Trinajstić information content (AvgIpc) is 3.09. The second-order valence-electron chi connectivity index (χ2n) is 11.9. The number of rotatable bonds is 32. The van der Waals surface area contributed by atoms with E-state index in [2.05, 4.69) is 111 Å². The van der Waals surface area contributed by atoms with E-state index in [0.717, 1.165) is 57.8 Å². The zero-order valence-electron chi connectivity index (χ0n) is 30.5. The summed E-state index contributed by atoms with van der Waals surface area (Å²) in [6.07, 6.45) is 53.3. The third-order valence-corrected chi connectivity index (χ3v) is 7.36. The molecule has 0 radical (unpaired) electrons. The third-order valence-electron chi connectivity index (χ3n) is 7.36. The Bertz CT molecular complexity index is 979.